The number of nitrogens with zero attached hydrogens (tertiary/aromatic N) is 1. The fourth-order valence-corrected chi connectivity index (χ4v) is 3.84. The van der Waals surface area contributed by atoms with Crippen molar-refractivity contribution in [1.82, 2.24) is 0 Å². The lowest BCUT2D eigenvalue weighted by atomic mass is 10.2. The normalized spacial score (nSPS) is 10.9. The average Bonchev–Trinajstić information content (AvgIpc) is 2.75. The first kappa shape index (κ1) is 21.9. The van der Waals surface area contributed by atoms with Gasteiger partial charge in [-0.1, -0.05) is 0 Å². The molecule has 0 aliphatic rings. The van der Waals surface area contributed by atoms with Gasteiger partial charge < -0.3 is 14.8 Å². The highest BCUT2D eigenvalue weighted by molar-refractivity contribution is 7.92. The Balaban J connectivity index is 1.85. The van der Waals surface area contributed by atoms with E-state index in [-0.39, 0.29) is 16.3 Å². The monoisotopic (exact) mass is 443 g/mol. The molecule has 3 rings (SSSR count). The van der Waals surface area contributed by atoms with Gasteiger partial charge >= 0.3 is 0 Å². The van der Waals surface area contributed by atoms with Crippen LogP contribution in [0.15, 0.2) is 71.6 Å². The van der Waals surface area contributed by atoms with Crippen molar-refractivity contribution in [3.8, 4) is 11.5 Å². The molecule has 9 nitrogen and oxygen atoms in total. The molecular weight excluding hydrogens is 422 g/mol. The average molecular weight is 443 g/mol. The highest BCUT2D eigenvalue weighted by Crippen LogP contribution is 2.31. The van der Waals surface area contributed by atoms with E-state index >= 15 is 0 Å². The summed E-state index contributed by atoms with van der Waals surface area (Å²) in [6.45, 7) is 2.40. The maximum Gasteiger partial charge on any atom is 0.294 e. The van der Waals surface area contributed by atoms with Gasteiger partial charge in [-0.05, 0) is 67.6 Å². The minimum atomic E-state index is -4.03. The van der Waals surface area contributed by atoms with Crippen LogP contribution in [0.3, 0.4) is 0 Å². The number of nitro benzene ring substituents is 1. The fourth-order valence-electron chi connectivity index (χ4n) is 2.77. The van der Waals surface area contributed by atoms with Gasteiger partial charge in [0.2, 0.25) is 0 Å². The number of hydrogen-bond donors (Lipinski definition) is 2. The van der Waals surface area contributed by atoms with E-state index in [1.807, 2.05) is 6.92 Å². The first-order valence-corrected chi connectivity index (χ1v) is 10.8. The SMILES string of the molecule is CCOc1ccc(Nc2ccc(S(=O)(=O)Nc3ccc(OC)cc3)cc2[N+](=O)[O-])cc1. The molecule has 0 radical (unpaired) electrons. The van der Waals surface area contributed by atoms with Crippen LogP contribution in [-0.4, -0.2) is 27.1 Å². The van der Waals surface area contributed by atoms with Gasteiger partial charge in [-0.3, -0.25) is 14.8 Å². The zero-order valence-electron chi connectivity index (χ0n) is 16.9. The van der Waals surface area contributed by atoms with Crippen LogP contribution in [0.25, 0.3) is 0 Å². The van der Waals surface area contributed by atoms with Crippen molar-refractivity contribution in [2.24, 2.45) is 0 Å². The van der Waals surface area contributed by atoms with Gasteiger partial charge in [-0.2, -0.15) is 0 Å². The maximum absolute atomic E-state index is 12.7. The fraction of sp³-hybridized carbons (Fsp3) is 0.143. The van der Waals surface area contributed by atoms with Crippen molar-refractivity contribution in [3.05, 3.63) is 76.8 Å². The molecule has 2 N–H and O–H groups in total. The Kier molecular flexibility index (Phi) is 6.61. The topological polar surface area (TPSA) is 120 Å². The standard InChI is InChI=1S/C21H21N3O6S/c1-3-30-18-10-4-15(5-11-18)22-20-13-12-19(14-21(20)24(25)26)31(27,28)23-16-6-8-17(29-2)9-7-16/h4-14,22-23H,3H2,1-2H3. The van der Waals surface area contributed by atoms with E-state index in [2.05, 4.69) is 10.0 Å². The van der Waals surface area contributed by atoms with Crippen LogP contribution in [0.2, 0.25) is 0 Å². The summed E-state index contributed by atoms with van der Waals surface area (Å²) in [5.41, 5.74) is 0.697. The molecule has 162 valence electrons. The maximum atomic E-state index is 12.7. The van der Waals surface area contributed by atoms with Crippen LogP contribution in [-0.2, 0) is 10.0 Å². The molecule has 0 saturated carbocycles. The van der Waals surface area contributed by atoms with E-state index in [9.17, 15) is 18.5 Å². The van der Waals surface area contributed by atoms with Crippen LogP contribution in [0.5, 0.6) is 11.5 Å². The van der Waals surface area contributed by atoms with Gasteiger partial charge in [0.05, 0.1) is 23.5 Å². The van der Waals surface area contributed by atoms with Gasteiger partial charge in [0.1, 0.15) is 17.2 Å². The summed E-state index contributed by atoms with van der Waals surface area (Å²) >= 11 is 0. The van der Waals surface area contributed by atoms with Crippen LogP contribution < -0.4 is 19.5 Å². The molecule has 0 heterocycles. The van der Waals surface area contributed by atoms with Crippen molar-refractivity contribution in [2.45, 2.75) is 11.8 Å². The Labute approximate surface area is 179 Å². The third-order valence-corrected chi connectivity index (χ3v) is 5.64. The van der Waals surface area contributed by atoms with Crippen LogP contribution >= 0.6 is 0 Å². The van der Waals surface area contributed by atoms with Gasteiger partial charge in [-0.15, -0.1) is 0 Å². The number of rotatable bonds is 9. The van der Waals surface area contributed by atoms with E-state index in [4.69, 9.17) is 9.47 Å². The molecule has 0 saturated heterocycles. The summed E-state index contributed by atoms with van der Waals surface area (Å²) in [7, 11) is -2.53. The Hall–Kier alpha value is -3.79. The molecule has 0 spiro atoms. The zero-order valence-corrected chi connectivity index (χ0v) is 17.7. The molecule has 10 heteroatoms. The molecule has 0 amide bonds. The van der Waals surface area contributed by atoms with Crippen molar-refractivity contribution < 1.29 is 22.8 Å². The summed E-state index contributed by atoms with van der Waals surface area (Å²) < 4.78 is 38.2. The molecule has 0 aliphatic carbocycles. The molecule has 3 aromatic carbocycles. The van der Waals surface area contributed by atoms with Crippen molar-refractivity contribution in [1.29, 1.82) is 0 Å². The molecule has 3 aromatic rings. The number of hydrogen-bond acceptors (Lipinski definition) is 7. The van der Waals surface area contributed by atoms with Crippen molar-refractivity contribution >= 4 is 32.8 Å². The number of nitro groups is 1. The first-order chi connectivity index (χ1) is 14.8. The Morgan fingerprint density at radius 2 is 1.55 bits per heavy atom. The zero-order chi connectivity index (χ0) is 22.4. The smallest absolute Gasteiger partial charge is 0.294 e. The Morgan fingerprint density at radius 1 is 0.935 bits per heavy atom. The largest absolute Gasteiger partial charge is 0.497 e. The van der Waals surface area contributed by atoms with Gasteiger partial charge in [0.15, 0.2) is 0 Å². The van der Waals surface area contributed by atoms with E-state index < -0.39 is 14.9 Å². The van der Waals surface area contributed by atoms with Crippen LogP contribution in [0.1, 0.15) is 6.92 Å². The van der Waals surface area contributed by atoms with E-state index in [1.165, 1.54) is 31.4 Å². The van der Waals surface area contributed by atoms with Gasteiger partial charge in [0, 0.05) is 17.4 Å². The second-order valence-electron chi connectivity index (χ2n) is 6.35. The molecule has 0 fully saturated rings. The summed E-state index contributed by atoms with van der Waals surface area (Å²) in [4.78, 5) is 10.7. The molecule has 0 aliphatic heterocycles. The molecule has 0 aromatic heterocycles. The summed E-state index contributed by atoms with van der Waals surface area (Å²) in [5.74, 6) is 1.25. The second-order valence-corrected chi connectivity index (χ2v) is 8.03. The third-order valence-electron chi connectivity index (χ3n) is 4.26. The van der Waals surface area contributed by atoms with Gasteiger partial charge in [0.25, 0.3) is 15.7 Å². The van der Waals surface area contributed by atoms with Crippen LogP contribution in [0, 0.1) is 10.1 Å². The predicted molar refractivity (Wildman–Crippen MR) is 118 cm³/mol. The number of anilines is 3. The van der Waals surface area contributed by atoms with E-state index in [1.54, 1.807) is 36.4 Å². The Bertz CT molecular complexity index is 1160. The molecule has 31 heavy (non-hydrogen) atoms. The number of benzene rings is 3. The highest BCUT2D eigenvalue weighted by Gasteiger charge is 2.22. The molecular formula is C21H21N3O6S. The highest BCUT2D eigenvalue weighted by atomic mass is 32.2. The number of nitrogens with one attached hydrogen (secondary N) is 2. The van der Waals surface area contributed by atoms with E-state index in [0.717, 1.165) is 6.07 Å². The lowest BCUT2D eigenvalue weighted by Gasteiger charge is -2.11. The van der Waals surface area contributed by atoms with E-state index in [0.29, 0.717) is 29.5 Å². The minimum absolute atomic E-state index is 0.164. The lowest BCUT2D eigenvalue weighted by molar-refractivity contribution is -0.384. The van der Waals surface area contributed by atoms with Gasteiger partial charge in [-0.25, -0.2) is 8.42 Å². The van der Waals surface area contributed by atoms with Crippen LogP contribution in [0.4, 0.5) is 22.7 Å². The summed E-state index contributed by atoms with van der Waals surface area (Å²) in [6.07, 6.45) is 0. The summed E-state index contributed by atoms with van der Waals surface area (Å²) in [6, 6.07) is 16.8. The quantitative estimate of drug-likeness (QED) is 0.368. The van der Waals surface area contributed by atoms with Crippen molar-refractivity contribution in [3.63, 3.8) is 0 Å². The first-order valence-electron chi connectivity index (χ1n) is 9.27. The lowest BCUT2D eigenvalue weighted by Crippen LogP contribution is -2.13. The Morgan fingerprint density at radius 3 is 2.13 bits per heavy atom. The summed E-state index contributed by atoms with van der Waals surface area (Å²) in [5, 5.41) is 14.5. The second kappa shape index (κ2) is 9.35. The van der Waals surface area contributed by atoms with Crippen molar-refractivity contribution in [2.75, 3.05) is 23.8 Å². The predicted octanol–water partition coefficient (Wildman–Crippen LogP) is 4.55. The molecule has 0 atom stereocenters. The molecule has 0 bridgehead atoms. The number of methoxy groups -OCH3 is 1. The third kappa shape index (κ3) is 5.43. The minimum Gasteiger partial charge on any atom is -0.497 e. The molecule has 0 unspecified atom stereocenters. The number of ether oxygens (including phenoxy) is 2. The number of sulfonamides is 1.